The molecule has 0 saturated carbocycles. The lowest BCUT2D eigenvalue weighted by Crippen LogP contribution is -2.34. The van der Waals surface area contributed by atoms with Crippen molar-refractivity contribution >= 4 is 23.2 Å². The van der Waals surface area contributed by atoms with E-state index in [1.54, 1.807) is 13.0 Å². The van der Waals surface area contributed by atoms with Gasteiger partial charge in [0.25, 0.3) is 11.8 Å². The highest BCUT2D eigenvalue weighted by Crippen LogP contribution is 2.32. The molecular formula is C16H12F2N2O3. The zero-order valence-electron chi connectivity index (χ0n) is 12.0. The van der Waals surface area contributed by atoms with Crippen LogP contribution >= 0.6 is 0 Å². The van der Waals surface area contributed by atoms with Crippen molar-refractivity contribution in [3.05, 3.63) is 53.6 Å². The molecule has 0 aliphatic carbocycles. The Kier molecular flexibility index (Phi) is 3.69. The molecule has 0 unspecified atom stereocenters. The Bertz CT molecular complexity index is 808. The Morgan fingerprint density at radius 3 is 2.78 bits per heavy atom. The average molecular weight is 318 g/mol. The molecule has 1 heterocycles. The van der Waals surface area contributed by atoms with E-state index >= 15 is 0 Å². The van der Waals surface area contributed by atoms with Crippen molar-refractivity contribution in [3.8, 4) is 5.75 Å². The van der Waals surface area contributed by atoms with Crippen LogP contribution in [0.1, 0.15) is 17.3 Å². The molecule has 5 nitrogen and oxygen atoms in total. The first-order valence-electron chi connectivity index (χ1n) is 6.82. The van der Waals surface area contributed by atoms with E-state index < -0.39 is 29.2 Å². The maximum atomic E-state index is 13.6. The molecule has 0 saturated heterocycles. The zero-order chi connectivity index (χ0) is 16.6. The molecule has 1 aliphatic rings. The third kappa shape index (κ3) is 2.98. The molecule has 3 rings (SSSR count). The minimum absolute atomic E-state index is 0.308. The number of benzene rings is 2. The average Bonchev–Trinajstić information content (AvgIpc) is 2.51. The first-order valence-corrected chi connectivity index (χ1v) is 6.82. The van der Waals surface area contributed by atoms with Gasteiger partial charge < -0.3 is 15.4 Å². The van der Waals surface area contributed by atoms with Gasteiger partial charge in [-0.3, -0.25) is 9.59 Å². The van der Waals surface area contributed by atoms with E-state index in [0.717, 1.165) is 18.2 Å². The summed E-state index contributed by atoms with van der Waals surface area (Å²) in [5, 5.41) is 5.08. The smallest absolute Gasteiger partial charge is 0.265 e. The van der Waals surface area contributed by atoms with Gasteiger partial charge in [0.05, 0.1) is 11.3 Å². The first kappa shape index (κ1) is 15.0. The lowest BCUT2D eigenvalue weighted by atomic mass is 10.1. The summed E-state index contributed by atoms with van der Waals surface area (Å²) in [5.41, 5.74) is 0.304. The Morgan fingerprint density at radius 2 is 2.00 bits per heavy atom. The lowest BCUT2D eigenvalue weighted by Gasteiger charge is -2.23. The number of rotatable bonds is 2. The van der Waals surface area contributed by atoms with E-state index in [1.165, 1.54) is 12.1 Å². The molecule has 0 bridgehead atoms. The highest BCUT2D eigenvalue weighted by atomic mass is 19.1. The molecule has 1 atom stereocenters. The monoisotopic (exact) mass is 318 g/mol. The fraction of sp³-hybridized carbons (Fsp3) is 0.125. The second-order valence-corrected chi connectivity index (χ2v) is 5.04. The highest BCUT2D eigenvalue weighted by molar-refractivity contribution is 6.05. The predicted molar refractivity (Wildman–Crippen MR) is 79.5 cm³/mol. The summed E-state index contributed by atoms with van der Waals surface area (Å²) in [6.07, 6.45) is -0.607. The van der Waals surface area contributed by atoms with Gasteiger partial charge in [0.2, 0.25) is 0 Å². The normalized spacial score (nSPS) is 16.1. The maximum absolute atomic E-state index is 13.6. The number of anilines is 2. The van der Waals surface area contributed by atoms with Crippen molar-refractivity contribution in [2.75, 3.05) is 10.6 Å². The molecule has 1 aliphatic heterocycles. The number of hydrogen-bond acceptors (Lipinski definition) is 3. The topological polar surface area (TPSA) is 67.4 Å². The van der Waals surface area contributed by atoms with Gasteiger partial charge in [-0.2, -0.15) is 0 Å². The molecular weight excluding hydrogens is 306 g/mol. The Hall–Kier alpha value is -2.96. The Balaban J connectivity index is 1.84. The van der Waals surface area contributed by atoms with Crippen LogP contribution in [-0.2, 0) is 4.79 Å². The van der Waals surface area contributed by atoms with Gasteiger partial charge in [0, 0.05) is 5.69 Å². The van der Waals surface area contributed by atoms with Crippen LogP contribution in [0.2, 0.25) is 0 Å². The zero-order valence-corrected chi connectivity index (χ0v) is 12.0. The van der Waals surface area contributed by atoms with Crippen molar-refractivity contribution in [2.24, 2.45) is 0 Å². The van der Waals surface area contributed by atoms with Crippen LogP contribution in [0.4, 0.5) is 20.2 Å². The van der Waals surface area contributed by atoms with Crippen LogP contribution < -0.4 is 15.4 Å². The molecule has 0 fully saturated rings. The number of nitrogens with one attached hydrogen (secondary N) is 2. The summed E-state index contributed by atoms with van der Waals surface area (Å²) in [6, 6.07) is 7.22. The van der Waals surface area contributed by atoms with Gasteiger partial charge in [0.15, 0.2) is 6.10 Å². The van der Waals surface area contributed by atoms with E-state index in [9.17, 15) is 18.4 Å². The van der Waals surface area contributed by atoms with Gasteiger partial charge in [-0.25, -0.2) is 8.78 Å². The highest BCUT2D eigenvalue weighted by Gasteiger charge is 2.24. The molecule has 2 N–H and O–H groups in total. The van der Waals surface area contributed by atoms with Gasteiger partial charge in [0.1, 0.15) is 17.4 Å². The Morgan fingerprint density at radius 1 is 1.22 bits per heavy atom. The van der Waals surface area contributed by atoms with Crippen molar-refractivity contribution < 1.29 is 23.1 Å². The summed E-state index contributed by atoms with van der Waals surface area (Å²) in [4.78, 5) is 23.6. The summed E-state index contributed by atoms with van der Waals surface area (Å²) in [6.45, 7) is 1.61. The summed E-state index contributed by atoms with van der Waals surface area (Å²) >= 11 is 0. The second-order valence-electron chi connectivity index (χ2n) is 5.04. The molecule has 23 heavy (non-hydrogen) atoms. The van der Waals surface area contributed by atoms with E-state index in [0.29, 0.717) is 17.1 Å². The minimum atomic E-state index is -0.827. The van der Waals surface area contributed by atoms with Gasteiger partial charge in [-0.05, 0) is 43.3 Å². The van der Waals surface area contributed by atoms with Gasteiger partial charge in [-0.15, -0.1) is 0 Å². The summed E-state index contributed by atoms with van der Waals surface area (Å²) < 4.78 is 32.1. The number of hydrogen-bond donors (Lipinski definition) is 2. The lowest BCUT2D eigenvalue weighted by molar-refractivity contribution is -0.122. The molecule has 0 spiro atoms. The largest absolute Gasteiger partial charge is 0.479 e. The number of fused-ring (bicyclic) bond motifs is 1. The third-order valence-electron chi connectivity index (χ3n) is 3.34. The molecule has 7 heteroatoms. The second kappa shape index (κ2) is 5.68. The summed E-state index contributed by atoms with van der Waals surface area (Å²) in [7, 11) is 0. The molecule has 118 valence electrons. The van der Waals surface area contributed by atoms with E-state index in [-0.39, 0.29) is 5.91 Å². The van der Waals surface area contributed by atoms with Crippen molar-refractivity contribution in [1.29, 1.82) is 0 Å². The van der Waals surface area contributed by atoms with E-state index in [4.69, 9.17) is 4.74 Å². The predicted octanol–water partition coefficient (Wildman–Crippen LogP) is 2.94. The number of ether oxygens (including phenoxy) is 1. The summed E-state index contributed by atoms with van der Waals surface area (Å²) in [5.74, 6) is -2.17. The maximum Gasteiger partial charge on any atom is 0.265 e. The van der Waals surface area contributed by atoms with E-state index in [1.807, 2.05) is 0 Å². The molecule has 2 aromatic rings. The van der Waals surface area contributed by atoms with Crippen LogP contribution in [-0.4, -0.2) is 17.9 Å². The number of amides is 2. The molecule has 2 aromatic carbocycles. The number of halogens is 2. The van der Waals surface area contributed by atoms with Crippen molar-refractivity contribution in [3.63, 3.8) is 0 Å². The van der Waals surface area contributed by atoms with Crippen molar-refractivity contribution in [2.45, 2.75) is 13.0 Å². The van der Waals surface area contributed by atoms with Crippen LogP contribution in [0.5, 0.6) is 5.75 Å². The number of carbonyl (C=O) groups is 2. The first-order chi connectivity index (χ1) is 10.9. The van der Waals surface area contributed by atoms with E-state index in [2.05, 4.69) is 10.6 Å². The van der Waals surface area contributed by atoms with Gasteiger partial charge in [-0.1, -0.05) is 0 Å². The fourth-order valence-electron chi connectivity index (χ4n) is 2.16. The molecule has 0 aromatic heterocycles. The van der Waals surface area contributed by atoms with Crippen LogP contribution in [0.3, 0.4) is 0 Å². The van der Waals surface area contributed by atoms with Crippen LogP contribution in [0, 0.1) is 11.6 Å². The third-order valence-corrected chi connectivity index (χ3v) is 3.34. The van der Waals surface area contributed by atoms with Crippen LogP contribution in [0.15, 0.2) is 36.4 Å². The molecule has 2 amide bonds. The van der Waals surface area contributed by atoms with Crippen LogP contribution in [0.25, 0.3) is 0 Å². The fourth-order valence-corrected chi connectivity index (χ4v) is 2.16. The minimum Gasteiger partial charge on any atom is -0.479 e. The quantitative estimate of drug-likeness (QED) is 0.894. The standard InChI is InChI=1S/C16H12F2N2O3/c1-8-15(21)20-13-7-10(3-5-14(13)23-8)19-16(22)11-6-9(17)2-4-12(11)18/h2-8H,1H3,(H,19,22)(H,20,21)/t8-/m1/s1. The van der Waals surface area contributed by atoms with Crippen molar-refractivity contribution in [1.82, 2.24) is 0 Å². The SMILES string of the molecule is C[C@H]1Oc2ccc(NC(=O)c3cc(F)ccc3F)cc2NC1=O. The van der Waals surface area contributed by atoms with Gasteiger partial charge >= 0.3 is 0 Å². The Labute approximate surface area is 130 Å². The number of carbonyl (C=O) groups excluding carboxylic acids is 2. The molecule has 0 radical (unpaired) electrons.